The second-order valence-corrected chi connectivity index (χ2v) is 5.18. The number of carboxylic acid groups (broad SMARTS) is 1. The number of aromatic amines is 2. The SMILES string of the molecule is Cc1cc(=O)[nH]c2c1c(C(=O)O)nn2-c1nc2ccccc2[nH]1. The van der Waals surface area contributed by atoms with E-state index in [1.54, 1.807) is 6.92 Å². The zero-order chi connectivity index (χ0) is 16.1. The summed E-state index contributed by atoms with van der Waals surface area (Å²) in [7, 11) is 0. The van der Waals surface area contributed by atoms with Crippen molar-refractivity contribution in [2.45, 2.75) is 6.92 Å². The van der Waals surface area contributed by atoms with Gasteiger partial charge in [0, 0.05) is 6.07 Å². The standard InChI is InChI=1S/C15H11N5O3/c1-7-6-10(21)18-13-11(7)12(14(22)23)19-20(13)15-16-8-4-2-3-5-9(8)17-15/h2-6H,1H3,(H,16,17)(H,18,21)(H,22,23). The van der Waals surface area contributed by atoms with E-state index in [9.17, 15) is 14.7 Å². The summed E-state index contributed by atoms with van der Waals surface area (Å²) >= 11 is 0. The Kier molecular flexibility index (Phi) is 2.61. The van der Waals surface area contributed by atoms with E-state index in [0.29, 0.717) is 22.5 Å². The van der Waals surface area contributed by atoms with Gasteiger partial charge in [0.25, 0.3) is 0 Å². The van der Waals surface area contributed by atoms with Gasteiger partial charge in [0.2, 0.25) is 11.5 Å². The Labute approximate surface area is 128 Å². The number of nitrogens with zero attached hydrogens (tertiary/aromatic N) is 3. The number of carbonyl (C=O) groups is 1. The number of benzene rings is 1. The first kappa shape index (κ1) is 13.3. The zero-order valence-corrected chi connectivity index (χ0v) is 12.0. The van der Waals surface area contributed by atoms with Crippen LogP contribution in [-0.4, -0.2) is 35.8 Å². The lowest BCUT2D eigenvalue weighted by atomic mass is 10.1. The zero-order valence-electron chi connectivity index (χ0n) is 12.0. The fourth-order valence-corrected chi connectivity index (χ4v) is 2.67. The van der Waals surface area contributed by atoms with Crippen molar-refractivity contribution in [3.63, 3.8) is 0 Å². The van der Waals surface area contributed by atoms with Crippen LogP contribution in [0.3, 0.4) is 0 Å². The summed E-state index contributed by atoms with van der Waals surface area (Å²) in [4.78, 5) is 33.3. The molecule has 8 nitrogen and oxygen atoms in total. The Morgan fingerprint density at radius 1 is 1.26 bits per heavy atom. The van der Waals surface area contributed by atoms with Crippen molar-refractivity contribution in [3.05, 3.63) is 51.9 Å². The van der Waals surface area contributed by atoms with Crippen LogP contribution in [0.4, 0.5) is 0 Å². The number of rotatable bonds is 2. The van der Waals surface area contributed by atoms with Crippen LogP contribution < -0.4 is 5.56 Å². The Bertz CT molecular complexity index is 1100. The Morgan fingerprint density at radius 2 is 2.04 bits per heavy atom. The Hall–Kier alpha value is -3.42. The molecular formula is C15H11N5O3. The minimum absolute atomic E-state index is 0.130. The highest BCUT2D eigenvalue weighted by Crippen LogP contribution is 2.22. The first-order valence-corrected chi connectivity index (χ1v) is 6.85. The van der Waals surface area contributed by atoms with Crippen molar-refractivity contribution in [2.24, 2.45) is 0 Å². The number of carboxylic acids is 1. The molecule has 0 unspecified atom stereocenters. The van der Waals surface area contributed by atoms with E-state index >= 15 is 0 Å². The van der Waals surface area contributed by atoms with Gasteiger partial charge in [-0.1, -0.05) is 12.1 Å². The number of fused-ring (bicyclic) bond motifs is 2. The van der Waals surface area contributed by atoms with Crippen LogP contribution in [0.5, 0.6) is 0 Å². The van der Waals surface area contributed by atoms with E-state index in [4.69, 9.17) is 0 Å². The fraction of sp³-hybridized carbons (Fsp3) is 0.0667. The van der Waals surface area contributed by atoms with Crippen molar-refractivity contribution >= 4 is 28.0 Å². The molecule has 3 N–H and O–H groups in total. The molecule has 4 aromatic rings. The van der Waals surface area contributed by atoms with Crippen LogP contribution in [0, 0.1) is 6.92 Å². The van der Waals surface area contributed by atoms with E-state index in [2.05, 4.69) is 20.1 Å². The number of para-hydroxylation sites is 2. The highest BCUT2D eigenvalue weighted by molar-refractivity contribution is 6.01. The lowest BCUT2D eigenvalue weighted by Crippen LogP contribution is -2.08. The minimum atomic E-state index is -1.17. The average Bonchev–Trinajstić information content (AvgIpc) is 3.07. The number of hydrogen-bond acceptors (Lipinski definition) is 4. The predicted molar refractivity (Wildman–Crippen MR) is 83.0 cm³/mol. The number of pyridine rings is 1. The molecule has 0 radical (unpaired) electrons. The van der Waals surface area contributed by atoms with Gasteiger partial charge < -0.3 is 15.1 Å². The van der Waals surface area contributed by atoms with Crippen LogP contribution in [-0.2, 0) is 0 Å². The molecule has 4 rings (SSSR count). The van der Waals surface area contributed by atoms with E-state index in [0.717, 1.165) is 11.0 Å². The molecule has 0 bridgehead atoms. The average molecular weight is 309 g/mol. The summed E-state index contributed by atoms with van der Waals surface area (Å²) < 4.78 is 1.31. The third kappa shape index (κ3) is 1.92. The van der Waals surface area contributed by atoms with Gasteiger partial charge in [-0.25, -0.2) is 9.78 Å². The van der Waals surface area contributed by atoms with Crippen molar-refractivity contribution in [3.8, 4) is 5.95 Å². The Balaban J connectivity index is 2.10. The van der Waals surface area contributed by atoms with Crippen molar-refractivity contribution in [1.82, 2.24) is 24.7 Å². The molecule has 3 heterocycles. The molecule has 0 aliphatic heterocycles. The van der Waals surface area contributed by atoms with Gasteiger partial charge in [-0.15, -0.1) is 0 Å². The molecule has 0 amide bonds. The summed E-state index contributed by atoms with van der Waals surface area (Å²) in [6.07, 6.45) is 0. The lowest BCUT2D eigenvalue weighted by molar-refractivity contribution is 0.0692. The molecule has 0 spiro atoms. The summed E-state index contributed by atoms with van der Waals surface area (Å²) in [5, 5.41) is 13.9. The smallest absolute Gasteiger partial charge is 0.357 e. The van der Waals surface area contributed by atoms with Crippen molar-refractivity contribution in [2.75, 3.05) is 0 Å². The predicted octanol–water partition coefficient (Wildman–Crippen LogP) is 1.60. The maximum atomic E-state index is 11.8. The quantitative estimate of drug-likeness (QED) is 0.520. The lowest BCUT2D eigenvalue weighted by Gasteiger charge is -1.99. The van der Waals surface area contributed by atoms with Gasteiger partial charge in [0.05, 0.1) is 16.4 Å². The van der Waals surface area contributed by atoms with Crippen LogP contribution in [0.2, 0.25) is 0 Å². The number of aromatic carboxylic acids is 1. The first-order chi connectivity index (χ1) is 11.0. The second-order valence-electron chi connectivity index (χ2n) is 5.18. The van der Waals surface area contributed by atoms with E-state index < -0.39 is 5.97 Å². The first-order valence-electron chi connectivity index (χ1n) is 6.85. The van der Waals surface area contributed by atoms with Gasteiger partial charge >= 0.3 is 5.97 Å². The molecule has 0 saturated carbocycles. The number of aryl methyl sites for hydroxylation is 1. The van der Waals surface area contributed by atoms with Crippen LogP contribution >= 0.6 is 0 Å². The van der Waals surface area contributed by atoms with E-state index in [1.807, 2.05) is 24.3 Å². The third-order valence-electron chi connectivity index (χ3n) is 3.65. The van der Waals surface area contributed by atoms with Gasteiger partial charge in [-0.2, -0.15) is 9.78 Å². The van der Waals surface area contributed by atoms with Crippen LogP contribution in [0.1, 0.15) is 16.1 Å². The van der Waals surface area contributed by atoms with Gasteiger partial charge in [-0.05, 0) is 24.6 Å². The normalized spacial score (nSPS) is 11.3. The summed E-state index contributed by atoms with van der Waals surface area (Å²) in [5.74, 6) is -0.829. The summed E-state index contributed by atoms with van der Waals surface area (Å²) in [6, 6.07) is 8.74. The second kappa shape index (κ2) is 4.54. The molecular weight excluding hydrogens is 298 g/mol. The molecule has 1 aromatic carbocycles. The largest absolute Gasteiger partial charge is 0.476 e. The molecule has 114 valence electrons. The molecule has 0 fully saturated rings. The highest BCUT2D eigenvalue weighted by atomic mass is 16.4. The third-order valence-corrected chi connectivity index (χ3v) is 3.65. The molecule has 8 heteroatoms. The molecule has 0 atom stereocenters. The molecule has 23 heavy (non-hydrogen) atoms. The number of imidazole rings is 1. The van der Waals surface area contributed by atoms with Gasteiger partial charge in [0.1, 0.15) is 5.65 Å². The molecule has 0 saturated heterocycles. The van der Waals surface area contributed by atoms with Crippen molar-refractivity contribution < 1.29 is 9.90 Å². The molecule has 3 aromatic heterocycles. The maximum absolute atomic E-state index is 11.8. The van der Waals surface area contributed by atoms with Crippen molar-refractivity contribution in [1.29, 1.82) is 0 Å². The van der Waals surface area contributed by atoms with E-state index in [1.165, 1.54) is 10.7 Å². The molecule has 0 aliphatic carbocycles. The van der Waals surface area contributed by atoms with E-state index in [-0.39, 0.29) is 11.3 Å². The van der Waals surface area contributed by atoms with Crippen LogP contribution in [0.25, 0.3) is 28.0 Å². The van der Waals surface area contributed by atoms with Crippen LogP contribution in [0.15, 0.2) is 35.1 Å². The number of aromatic nitrogens is 5. The summed E-state index contributed by atoms with van der Waals surface area (Å²) in [6.45, 7) is 1.68. The van der Waals surface area contributed by atoms with Gasteiger partial charge in [-0.3, -0.25) is 4.79 Å². The number of hydrogen-bond donors (Lipinski definition) is 3. The summed E-state index contributed by atoms with van der Waals surface area (Å²) in [5.41, 5.74) is 1.89. The van der Waals surface area contributed by atoms with Gasteiger partial charge in [0.15, 0.2) is 5.69 Å². The number of H-pyrrole nitrogens is 2. The minimum Gasteiger partial charge on any atom is -0.476 e. The fourth-order valence-electron chi connectivity index (χ4n) is 2.67. The monoisotopic (exact) mass is 309 g/mol. The number of nitrogens with one attached hydrogen (secondary N) is 2. The maximum Gasteiger partial charge on any atom is 0.357 e. The Morgan fingerprint density at radius 3 is 2.78 bits per heavy atom. The highest BCUT2D eigenvalue weighted by Gasteiger charge is 2.21. The topological polar surface area (TPSA) is 117 Å². The molecule has 0 aliphatic rings.